The van der Waals surface area contributed by atoms with Gasteiger partial charge >= 0.3 is 0 Å². The number of aromatic nitrogens is 4. The van der Waals surface area contributed by atoms with Crippen molar-refractivity contribution in [1.82, 2.24) is 25.5 Å². The van der Waals surface area contributed by atoms with Crippen molar-refractivity contribution in [2.24, 2.45) is 5.92 Å². The first-order valence-corrected chi connectivity index (χ1v) is 10.6. The standard InChI is InChI=1S/C22H23ClN6O2/c1-13(2)19(25-21(30)17-8-3-4-9-18(17)23)22(31)24-15-7-5-6-14(12-15)20-26-27-28-29(20)16-10-11-16/h3-9,12-13,16,19H,10-11H2,1-2H3,(H,24,31)(H,25,30). The minimum Gasteiger partial charge on any atom is -0.340 e. The highest BCUT2D eigenvalue weighted by molar-refractivity contribution is 6.33. The second kappa shape index (κ2) is 8.85. The maximum Gasteiger partial charge on any atom is 0.253 e. The van der Waals surface area contributed by atoms with Crippen LogP contribution in [-0.4, -0.2) is 38.1 Å². The summed E-state index contributed by atoms with van der Waals surface area (Å²) < 4.78 is 1.82. The molecule has 3 aromatic rings. The van der Waals surface area contributed by atoms with Gasteiger partial charge in [0.2, 0.25) is 5.91 Å². The molecular formula is C22H23ClN6O2. The molecule has 0 aliphatic heterocycles. The predicted molar refractivity (Wildman–Crippen MR) is 118 cm³/mol. The maximum atomic E-state index is 13.0. The van der Waals surface area contributed by atoms with Crippen LogP contribution in [0.3, 0.4) is 0 Å². The third kappa shape index (κ3) is 4.74. The Morgan fingerprint density at radius 2 is 1.90 bits per heavy atom. The van der Waals surface area contributed by atoms with E-state index in [0.29, 0.717) is 28.1 Å². The molecule has 1 aliphatic carbocycles. The Labute approximate surface area is 185 Å². The third-order valence-electron chi connectivity index (χ3n) is 5.13. The summed E-state index contributed by atoms with van der Waals surface area (Å²) in [5.41, 5.74) is 1.75. The van der Waals surface area contributed by atoms with Gasteiger partial charge in [0.15, 0.2) is 5.82 Å². The quantitative estimate of drug-likeness (QED) is 0.585. The molecule has 0 bridgehead atoms. The van der Waals surface area contributed by atoms with Crippen LogP contribution in [0.5, 0.6) is 0 Å². The SMILES string of the molecule is CC(C)C(NC(=O)c1ccccc1Cl)C(=O)Nc1cccc(-c2nnnn2C2CC2)c1. The molecule has 1 heterocycles. The van der Waals surface area contributed by atoms with Gasteiger partial charge in [-0.25, -0.2) is 4.68 Å². The summed E-state index contributed by atoms with van der Waals surface area (Å²) in [5, 5.41) is 18.0. The first-order valence-electron chi connectivity index (χ1n) is 10.2. The van der Waals surface area contributed by atoms with Gasteiger partial charge in [-0.1, -0.05) is 49.7 Å². The van der Waals surface area contributed by atoms with Crippen molar-refractivity contribution in [3.05, 3.63) is 59.1 Å². The molecule has 0 radical (unpaired) electrons. The summed E-state index contributed by atoms with van der Waals surface area (Å²) in [6.07, 6.45) is 2.13. The second-order valence-corrected chi connectivity index (χ2v) is 8.33. The van der Waals surface area contributed by atoms with Crippen LogP contribution in [0.15, 0.2) is 48.5 Å². The Bertz CT molecular complexity index is 1110. The van der Waals surface area contributed by atoms with E-state index < -0.39 is 11.9 Å². The summed E-state index contributed by atoms with van der Waals surface area (Å²) in [6.45, 7) is 3.74. The van der Waals surface area contributed by atoms with E-state index in [1.54, 1.807) is 30.3 Å². The molecule has 9 heteroatoms. The number of rotatable bonds is 7. The van der Waals surface area contributed by atoms with E-state index in [9.17, 15) is 9.59 Å². The van der Waals surface area contributed by atoms with Crippen LogP contribution in [0.25, 0.3) is 11.4 Å². The van der Waals surface area contributed by atoms with Crippen molar-refractivity contribution in [1.29, 1.82) is 0 Å². The average molecular weight is 439 g/mol. The van der Waals surface area contributed by atoms with E-state index in [0.717, 1.165) is 18.4 Å². The maximum absolute atomic E-state index is 13.0. The molecular weight excluding hydrogens is 416 g/mol. The average Bonchev–Trinajstić information content (AvgIpc) is 3.48. The Morgan fingerprint density at radius 3 is 2.61 bits per heavy atom. The zero-order chi connectivity index (χ0) is 22.0. The Kier molecular flexibility index (Phi) is 5.99. The van der Waals surface area contributed by atoms with Crippen LogP contribution in [0.1, 0.15) is 43.1 Å². The zero-order valence-electron chi connectivity index (χ0n) is 17.2. The van der Waals surface area contributed by atoms with Crippen LogP contribution in [0, 0.1) is 5.92 Å². The molecule has 2 N–H and O–H groups in total. The Hall–Kier alpha value is -3.26. The summed E-state index contributed by atoms with van der Waals surface area (Å²) in [6, 6.07) is 13.7. The summed E-state index contributed by atoms with van der Waals surface area (Å²) in [5.74, 6) is -0.158. The van der Waals surface area contributed by atoms with Gasteiger partial charge in [0.1, 0.15) is 6.04 Å². The van der Waals surface area contributed by atoms with E-state index in [-0.39, 0.29) is 11.8 Å². The number of nitrogens with zero attached hydrogens (tertiary/aromatic N) is 4. The van der Waals surface area contributed by atoms with Gasteiger partial charge in [-0.3, -0.25) is 9.59 Å². The van der Waals surface area contributed by atoms with E-state index in [4.69, 9.17) is 11.6 Å². The molecule has 8 nitrogen and oxygen atoms in total. The molecule has 4 rings (SSSR count). The van der Waals surface area contributed by atoms with Crippen molar-refractivity contribution >= 4 is 29.1 Å². The van der Waals surface area contributed by atoms with Gasteiger partial charge in [-0.2, -0.15) is 0 Å². The lowest BCUT2D eigenvalue weighted by atomic mass is 10.0. The minimum absolute atomic E-state index is 0.128. The molecule has 0 spiro atoms. The largest absolute Gasteiger partial charge is 0.340 e. The first kappa shape index (κ1) is 21.0. The molecule has 0 saturated heterocycles. The van der Waals surface area contributed by atoms with Gasteiger partial charge in [-0.15, -0.1) is 5.10 Å². The van der Waals surface area contributed by atoms with Gasteiger partial charge in [0.05, 0.1) is 16.6 Å². The molecule has 1 fully saturated rings. The number of hydrogen-bond donors (Lipinski definition) is 2. The predicted octanol–water partition coefficient (Wildman–Crippen LogP) is 3.72. The lowest BCUT2D eigenvalue weighted by molar-refractivity contribution is -0.118. The lowest BCUT2D eigenvalue weighted by Crippen LogP contribution is -2.47. The molecule has 31 heavy (non-hydrogen) atoms. The van der Waals surface area contributed by atoms with Crippen molar-refractivity contribution in [2.45, 2.75) is 38.8 Å². The van der Waals surface area contributed by atoms with Gasteiger partial charge in [0, 0.05) is 11.3 Å². The smallest absolute Gasteiger partial charge is 0.253 e. The molecule has 1 atom stereocenters. The van der Waals surface area contributed by atoms with Gasteiger partial charge in [0.25, 0.3) is 5.91 Å². The molecule has 1 aliphatic rings. The van der Waals surface area contributed by atoms with Crippen LogP contribution >= 0.6 is 11.6 Å². The number of anilines is 1. The summed E-state index contributed by atoms with van der Waals surface area (Å²) in [4.78, 5) is 25.6. The number of benzene rings is 2. The fourth-order valence-electron chi connectivity index (χ4n) is 3.30. The minimum atomic E-state index is -0.732. The monoisotopic (exact) mass is 438 g/mol. The van der Waals surface area contributed by atoms with Crippen molar-refractivity contribution in [3.8, 4) is 11.4 Å². The van der Waals surface area contributed by atoms with Crippen LogP contribution in [0.4, 0.5) is 5.69 Å². The van der Waals surface area contributed by atoms with Crippen LogP contribution < -0.4 is 10.6 Å². The highest BCUT2D eigenvalue weighted by Gasteiger charge is 2.29. The van der Waals surface area contributed by atoms with Gasteiger partial charge < -0.3 is 10.6 Å². The van der Waals surface area contributed by atoms with Crippen molar-refractivity contribution in [3.63, 3.8) is 0 Å². The number of amides is 2. The van der Waals surface area contributed by atoms with E-state index in [1.807, 2.05) is 36.7 Å². The molecule has 2 amide bonds. The fourth-order valence-corrected chi connectivity index (χ4v) is 3.53. The topological polar surface area (TPSA) is 102 Å². The number of carbonyl (C=O) groups is 2. The normalized spacial score (nSPS) is 14.3. The highest BCUT2D eigenvalue weighted by atomic mass is 35.5. The van der Waals surface area contributed by atoms with E-state index in [1.165, 1.54) is 0 Å². The van der Waals surface area contributed by atoms with Crippen molar-refractivity contribution in [2.75, 3.05) is 5.32 Å². The summed E-state index contributed by atoms with van der Waals surface area (Å²) in [7, 11) is 0. The van der Waals surface area contributed by atoms with Crippen molar-refractivity contribution < 1.29 is 9.59 Å². The van der Waals surface area contributed by atoms with Crippen LogP contribution in [-0.2, 0) is 4.79 Å². The number of hydrogen-bond acceptors (Lipinski definition) is 5. The third-order valence-corrected chi connectivity index (χ3v) is 5.46. The molecule has 160 valence electrons. The second-order valence-electron chi connectivity index (χ2n) is 7.92. The zero-order valence-corrected chi connectivity index (χ0v) is 18.0. The van der Waals surface area contributed by atoms with Crippen LogP contribution in [0.2, 0.25) is 5.02 Å². The van der Waals surface area contributed by atoms with E-state index in [2.05, 4.69) is 26.2 Å². The first-order chi connectivity index (χ1) is 14.9. The molecule has 2 aromatic carbocycles. The number of carbonyl (C=O) groups excluding carboxylic acids is 2. The molecule has 1 saturated carbocycles. The lowest BCUT2D eigenvalue weighted by Gasteiger charge is -2.22. The number of nitrogens with one attached hydrogen (secondary N) is 2. The number of tetrazole rings is 1. The summed E-state index contributed by atoms with van der Waals surface area (Å²) >= 11 is 6.12. The molecule has 1 unspecified atom stereocenters. The fraction of sp³-hybridized carbons (Fsp3) is 0.318. The number of halogens is 1. The van der Waals surface area contributed by atoms with E-state index >= 15 is 0 Å². The molecule has 1 aromatic heterocycles. The van der Waals surface area contributed by atoms with Gasteiger partial charge in [-0.05, 0) is 53.5 Å². The highest BCUT2D eigenvalue weighted by Crippen LogP contribution is 2.36. The Balaban J connectivity index is 1.50. The Morgan fingerprint density at radius 1 is 1.13 bits per heavy atom.